The number of hydrogen-bond acceptors (Lipinski definition) is 2. The summed E-state index contributed by atoms with van der Waals surface area (Å²) in [5, 5.41) is 0. The summed E-state index contributed by atoms with van der Waals surface area (Å²) in [6, 6.07) is 0. The summed E-state index contributed by atoms with van der Waals surface area (Å²) in [5.74, 6) is -0.306. The molecule has 1 rings (SSSR count). The Morgan fingerprint density at radius 2 is 2.25 bits per heavy atom. The first-order chi connectivity index (χ1) is 5.66. The van der Waals surface area contributed by atoms with E-state index in [0.29, 0.717) is 12.3 Å². The van der Waals surface area contributed by atoms with Crippen LogP contribution in [0.1, 0.15) is 28.5 Å². The molecule has 1 N–H and O–H groups in total. The van der Waals surface area contributed by atoms with Crippen LogP contribution in [0.5, 0.6) is 0 Å². The monoisotopic (exact) mass is 166 g/mol. The third kappa shape index (κ3) is 1.49. The van der Waals surface area contributed by atoms with Gasteiger partial charge in [-0.05, 0) is 31.9 Å². The first-order valence-corrected chi connectivity index (χ1v) is 3.90. The van der Waals surface area contributed by atoms with Gasteiger partial charge in [0.25, 0.3) is 0 Å². The topological polar surface area (TPSA) is 42.1 Å². The highest BCUT2D eigenvalue weighted by molar-refractivity contribution is 5.89. The van der Waals surface area contributed by atoms with Crippen LogP contribution in [0.15, 0.2) is 0 Å². The van der Waals surface area contributed by atoms with Gasteiger partial charge in [-0.1, -0.05) is 0 Å². The lowest BCUT2D eigenvalue weighted by molar-refractivity contribution is 0.0519. The number of carbonyl (C=O) groups excluding carboxylic acids is 1. The van der Waals surface area contributed by atoms with Crippen LogP contribution in [0.2, 0.25) is 0 Å². The number of rotatable bonds is 2. The van der Waals surface area contributed by atoms with Gasteiger partial charge in [-0.25, -0.2) is 4.79 Å². The second-order valence-corrected chi connectivity index (χ2v) is 2.60. The number of carbonyl (C=O) groups is 1. The lowest BCUT2D eigenvalue weighted by Crippen LogP contribution is -2.06. The zero-order valence-electron chi connectivity index (χ0n) is 7.52. The molecule has 0 aromatic carbocycles. The highest BCUT2D eigenvalue weighted by atomic mass is 16.5. The van der Waals surface area contributed by atoms with Crippen molar-refractivity contribution in [3.8, 4) is 0 Å². The molecule has 0 atom stereocenters. The molecule has 0 fully saturated rings. The molecule has 3 heteroatoms. The van der Waals surface area contributed by atoms with Gasteiger partial charge in [0.05, 0.1) is 12.8 Å². The van der Waals surface area contributed by atoms with Gasteiger partial charge in [-0.15, -0.1) is 0 Å². The van der Waals surface area contributed by atoms with Crippen LogP contribution < -0.4 is 0 Å². The van der Waals surface area contributed by atoms with Crippen LogP contribution >= 0.6 is 0 Å². The molecule has 0 aliphatic carbocycles. The Bertz CT molecular complexity index is 289. The second-order valence-electron chi connectivity index (χ2n) is 2.60. The molecule has 1 aromatic heterocycles. The van der Waals surface area contributed by atoms with E-state index < -0.39 is 0 Å². The lowest BCUT2D eigenvalue weighted by atomic mass is 10.2. The first-order valence-electron chi connectivity index (χ1n) is 3.90. The summed E-state index contributed by atoms with van der Waals surface area (Å²) in [5.41, 5.74) is 2.38. The van der Waals surface area contributed by atoms with Gasteiger partial charge >= 0.3 is 5.97 Å². The standard InChI is InChI=1S/C9H12NO2/c1-4-12-9(11)8-7(3)6(2)5-10-8/h10H,4H2,1-3H3. The molecule has 0 aliphatic rings. The van der Waals surface area contributed by atoms with Crippen molar-refractivity contribution >= 4 is 5.97 Å². The molecule has 1 radical (unpaired) electrons. The van der Waals surface area contributed by atoms with E-state index in [1.54, 1.807) is 6.92 Å². The maximum absolute atomic E-state index is 11.2. The molecule has 65 valence electrons. The Morgan fingerprint density at radius 3 is 2.67 bits per heavy atom. The van der Waals surface area contributed by atoms with Gasteiger partial charge in [-0.3, -0.25) is 0 Å². The van der Waals surface area contributed by atoms with Gasteiger partial charge in [-0.2, -0.15) is 0 Å². The summed E-state index contributed by atoms with van der Waals surface area (Å²) in [6.07, 6.45) is 2.85. The number of hydrogen-bond donors (Lipinski definition) is 1. The number of ether oxygens (including phenoxy) is 1. The summed E-state index contributed by atoms with van der Waals surface area (Å²) < 4.78 is 4.83. The average molecular weight is 166 g/mol. The normalized spacial score (nSPS) is 9.92. The third-order valence-electron chi connectivity index (χ3n) is 1.79. The summed E-state index contributed by atoms with van der Waals surface area (Å²) in [6.45, 7) is 5.95. The highest BCUT2D eigenvalue weighted by Gasteiger charge is 2.12. The van der Waals surface area contributed by atoms with Gasteiger partial charge in [0, 0.05) is 0 Å². The van der Waals surface area contributed by atoms with Crippen LogP contribution in [-0.2, 0) is 4.74 Å². The van der Waals surface area contributed by atoms with E-state index in [9.17, 15) is 4.79 Å². The Balaban J connectivity index is 2.88. The van der Waals surface area contributed by atoms with Crippen molar-refractivity contribution in [3.63, 3.8) is 0 Å². The number of aromatic nitrogens is 1. The van der Waals surface area contributed by atoms with Gasteiger partial charge in [0.1, 0.15) is 5.69 Å². The van der Waals surface area contributed by atoms with E-state index in [1.165, 1.54) is 0 Å². The largest absolute Gasteiger partial charge is 0.461 e. The van der Waals surface area contributed by atoms with Crippen molar-refractivity contribution < 1.29 is 9.53 Å². The van der Waals surface area contributed by atoms with Gasteiger partial charge in [0.15, 0.2) is 0 Å². The minimum absolute atomic E-state index is 0.306. The molecule has 1 aromatic rings. The van der Waals surface area contributed by atoms with Crippen molar-refractivity contribution in [1.29, 1.82) is 0 Å². The number of aromatic amines is 1. The molecule has 0 aliphatic heterocycles. The molecule has 0 saturated heterocycles. The van der Waals surface area contributed by atoms with Crippen LogP contribution in [0, 0.1) is 20.0 Å². The van der Waals surface area contributed by atoms with Crippen LogP contribution in [0.4, 0.5) is 0 Å². The van der Waals surface area contributed by atoms with Crippen LogP contribution in [0.3, 0.4) is 0 Å². The fourth-order valence-electron chi connectivity index (χ4n) is 0.939. The SMILES string of the molecule is CCOC(=O)c1[nH][c]c(C)c1C. The van der Waals surface area contributed by atoms with Gasteiger partial charge < -0.3 is 9.72 Å². The minimum Gasteiger partial charge on any atom is -0.461 e. The van der Waals surface area contributed by atoms with E-state index in [0.717, 1.165) is 11.1 Å². The summed E-state index contributed by atoms with van der Waals surface area (Å²) in [7, 11) is 0. The molecule has 0 saturated carbocycles. The Hall–Kier alpha value is -1.25. The zero-order chi connectivity index (χ0) is 9.14. The lowest BCUT2D eigenvalue weighted by Gasteiger charge is -1.99. The van der Waals surface area contributed by atoms with Crippen molar-refractivity contribution in [1.82, 2.24) is 4.98 Å². The van der Waals surface area contributed by atoms with Gasteiger partial charge in [0.2, 0.25) is 0 Å². The molecule has 0 amide bonds. The summed E-state index contributed by atoms with van der Waals surface area (Å²) in [4.78, 5) is 14.0. The number of esters is 1. The molecule has 0 spiro atoms. The Morgan fingerprint density at radius 1 is 1.58 bits per heavy atom. The van der Waals surface area contributed by atoms with E-state index in [4.69, 9.17) is 4.74 Å². The zero-order valence-corrected chi connectivity index (χ0v) is 7.52. The molecule has 0 unspecified atom stereocenters. The van der Waals surface area contributed by atoms with Crippen molar-refractivity contribution in [2.24, 2.45) is 0 Å². The van der Waals surface area contributed by atoms with Crippen molar-refractivity contribution in [3.05, 3.63) is 23.0 Å². The second kappa shape index (κ2) is 3.43. The molecule has 3 nitrogen and oxygen atoms in total. The van der Waals surface area contributed by atoms with Crippen LogP contribution in [0.25, 0.3) is 0 Å². The Labute approximate surface area is 71.7 Å². The van der Waals surface area contributed by atoms with Crippen LogP contribution in [-0.4, -0.2) is 17.6 Å². The third-order valence-corrected chi connectivity index (χ3v) is 1.79. The number of H-pyrrole nitrogens is 1. The quantitative estimate of drug-likeness (QED) is 0.678. The molecule has 12 heavy (non-hydrogen) atoms. The molecular weight excluding hydrogens is 154 g/mol. The Kier molecular flexibility index (Phi) is 2.53. The van der Waals surface area contributed by atoms with Crippen molar-refractivity contribution in [2.75, 3.05) is 6.61 Å². The van der Waals surface area contributed by atoms with E-state index in [2.05, 4.69) is 11.2 Å². The average Bonchev–Trinajstić information content (AvgIpc) is 2.34. The predicted molar refractivity (Wildman–Crippen MR) is 45.1 cm³/mol. The maximum Gasteiger partial charge on any atom is 0.355 e. The minimum atomic E-state index is -0.306. The van der Waals surface area contributed by atoms with E-state index >= 15 is 0 Å². The first kappa shape index (κ1) is 8.84. The predicted octanol–water partition coefficient (Wildman–Crippen LogP) is 1.61. The smallest absolute Gasteiger partial charge is 0.355 e. The van der Waals surface area contributed by atoms with E-state index in [1.807, 2.05) is 13.8 Å². The molecule has 1 heterocycles. The van der Waals surface area contributed by atoms with E-state index in [-0.39, 0.29) is 5.97 Å². The number of nitrogens with one attached hydrogen (secondary N) is 1. The molecule has 0 bridgehead atoms. The highest BCUT2D eigenvalue weighted by Crippen LogP contribution is 2.11. The molecular formula is C9H12NO2. The fraction of sp³-hybridized carbons (Fsp3) is 0.444. The van der Waals surface area contributed by atoms with Crippen molar-refractivity contribution in [2.45, 2.75) is 20.8 Å². The maximum atomic E-state index is 11.2. The summed E-state index contributed by atoms with van der Waals surface area (Å²) >= 11 is 0. The number of aryl methyl sites for hydroxylation is 1. The fourth-order valence-corrected chi connectivity index (χ4v) is 0.939.